The number of aliphatic hydroxyl groups excluding tert-OH is 1. The van der Waals surface area contributed by atoms with Crippen molar-refractivity contribution in [1.29, 1.82) is 0 Å². The number of fused-ring (bicyclic) bond motifs is 1. The van der Waals surface area contributed by atoms with Crippen molar-refractivity contribution in [3.63, 3.8) is 0 Å². The van der Waals surface area contributed by atoms with E-state index in [4.69, 9.17) is 4.74 Å². The van der Waals surface area contributed by atoms with Gasteiger partial charge in [0, 0.05) is 74.2 Å². The van der Waals surface area contributed by atoms with Gasteiger partial charge >= 0.3 is 0 Å². The highest BCUT2D eigenvalue weighted by Gasteiger charge is 2.22. The van der Waals surface area contributed by atoms with Crippen molar-refractivity contribution in [3.8, 4) is 5.75 Å². The van der Waals surface area contributed by atoms with Crippen LogP contribution in [0, 0.1) is 0 Å². The molecular weight excluding hydrogens is 338 g/mol. The van der Waals surface area contributed by atoms with E-state index < -0.39 is 6.10 Å². The minimum Gasteiger partial charge on any atom is -0.497 e. The summed E-state index contributed by atoms with van der Waals surface area (Å²) in [6.07, 6.45) is 1.58. The van der Waals surface area contributed by atoms with E-state index in [1.165, 1.54) is 5.69 Å². The van der Waals surface area contributed by atoms with Crippen LogP contribution in [0.1, 0.15) is 11.7 Å². The highest BCUT2D eigenvalue weighted by molar-refractivity contribution is 5.84. The van der Waals surface area contributed by atoms with Crippen LogP contribution >= 0.6 is 0 Å². The standard InChI is InChI=1S/C22H27N3O2/c1-23-15-20(19-8-3-4-9-21(19)23)22(26)16-24-10-12-25(13-11-24)17-6-5-7-18(14-17)27-2/h3-9,14-15,22,26H,10-13,16H2,1-2H3/t22-/m1/s1. The maximum atomic E-state index is 10.9. The lowest BCUT2D eigenvalue weighted by Gasteiger charge is -2.37. The summed E-state index contributed by atoms with van der Waals surface area (Å²) in [6, 6.07) is 16.5. The van der Waals surface area contributed by atoms with Gasteiger partial charge in [-0.2, -0.15) is 0 Å². The molecule has 0 amide bonds. The Hall–Kier alpha value is -2.50. The van der Waals surface area contributed by atoms with Crippen LogP contribution in [0.25, 0.3) is 10.9 Å². The first-order chi connectivity index (χ1) is 13.2. The Morgan fingerprint density at radius 2 is 1.81 bits per heavy atom. The molecule has 2 aromatic carbocycles. The molecule has 0 bridgehead atoms. The van der Waals surface area contributed by atoms with Gasteiger partial charge in [0.05, 0.1) is 13.2 Å². The second kappa shape index (κ2) is 7.62. The van der Waals surface area contributed by atoms with Crippen molar-refractivity contribution < 1.29 is 9.84 Å². The van der Waals surface area contributed by atoms with Gasteiger partial charge in [-0.3, -0.25) is 4.90 Å². The van der Waals surface area contributed by atoms with Crippen LogP contribution in [-0.2, 0) is 7.05 Å². The molecule has 1 fully saturated rings. The first-order valence-corrected chi connectivity index (χ1v) is 9.49. The Balaban J connectivity index is 1.40. The van der Waals surface area contributed by atoms with Gasteiger partial charge in [-0.1, -0.05) is 24.3 Å². The fraction of sp³-hybridized carbons (Fsp3) is 0.364. The number of aryl methyl sites for hydroxylation is 1. The summed E-state index contributed by atoms with van der Waals surface area (Å²) in [6.45, 7) is 4.46. The fourth-order valence-corrected chi connectivity index (χ4v) is 3.98. The predicted molar refractivity (Wildman–Crippen MR) is 110 cm³/mol. The molecule has 1 aromatic heterocycles. The molecule has 1 saturated heterocycles. The maximum absolute atomic E-state index is 10.9. The molecule has 5 heteroatoms. The highest BCUT2D eigenvalue weighted by atomic mass is 16.5. The molecule has 1 aliphatic rings. The van der Waals surface area contributed by atoms with Gasteiger partial charge in [0.1, 0.15) is 5.75 Å². The number of β-amino-alcohol motifs (C(OH)–C–C–N with tert-alkyl or cyclic N) is 1. The number of aromatic nitrogens is 1. The number of anilines is 1. The monoisotopic (exact) mass is 365 g/mol. The fourth-order valence-electron chi connectivity index (χ4n) is 3.98. The summed E-state index contributed by atoms with van der Waals surface area (Å²) in [7, 11) is 3.73. The molecule has 2 heterocycles. The molecule has 0 spiro atoms. The van der Waals surface area contributed by atoms with Gasteiger partial charge in [0.15, 0.2) is 0 Å². The Morgan fingerprint density at radius 3 is 2.59 bits per heavy atom. The average Bonchev–Trinajstić information content (AvgIpc) is 3.06. The van der Waals surface area contributed by atoms with Gasteiger partial charge < -0.3 is 19.3 Å². The zero-order valence-electron chi connectivity index (χ0n) is 16.0. The van der Waals surface area contributed by atoms with Crippen LogP contribution in [0.5, 0.6) is 5.75 Å². The Labute approximate surface area is 160 Å². The molecule has 142 valence electrons. The topological polar surface area (TPSA) is 40.9 Å². The largest absolute Gasteiger partial charge is 0.497 e. The number of piperazine rings is 1. The number of ether oxygens (including phenoxy) is 1. The van der Waals surface area contributed by atoms with Crippen LogP contribution in [0.4, 0.5) is 5.69 Å². The minimum atomic E-state index is -0.473. The van der Waals surface area contributed by atoms with E-state index in [1.807, 2.05) is 31.3 Å². The molecule has 5 nitrogen and oxygen atoms in total. The summed E-state index contributed by atoms with van der Waals surface area (Å²) in [4.78, 5) is 4.73. The molecule has 4 rings (SSSR count). The van der Waals surface area contributed by atoms with Gasteiger partial charge in [0.25, 0.3) is 0 Å². The molecule has 3 aromatic rings. The third-order valence-corrected chi connectivity index (χ3v) is 5.51. The first-order valence-electron chi connectivity index (χ1n) is 9.49. The zero-order chi connectivity index (χ0) is 18.8. The van der Waals surface area contributed by atoms with Crippen molar-refractivity contribution in [2.45, 2.75) is 6.10 Å². The van der Waals surface area contributed by atoms with Gasteiger partial charge in [0.2, 0.25) is 0 Å². The molecule has 1 atom stereocenters. The van der Waals surface area contributed by atoms with Crippen molar-refractivity contribution in [2.24, 2.45) is 7.05 Å². The quantitative estimate of drug-likeness (QED) is 0.755. The lowest BCUT2D eigenvalue weighted by atomic mass is 10.1. The van der Waals surface area contributed by atoms with E-state index >= 15 is 0 Å². The number of hydrogen-bond donors (Lipinski definition) is 1. The molecular formula is C22H27N3O2. The van der Waals surface area contributed by atoms with Gasteiger partial charge in [-0.25, -0.2) is 0 Å². The van der Waals surface area contributed by atoms with Gasteiger partial charge in [-0.15, -0.1) is 0 Å². The first kappa shape index (κ1) is 17.9. The number of methoxy groups -OCH3 is 1. The van der Waals surface area contributed by atoms with Crippen molar-refractivity contribution in [1.82, 2.24) is 9.47 Å². The maximum Gasteiger partial charge on any atom is 0.120 e. The van der Waals surface area contributed by atoms with Crippen molar-refractivity contribution in [3.05, 3.63) is 60.3 Å². The zero-order valence-corrected chi connectivity index (χ0v) is 16.0. The molecule has 1 aliphatic heterocycles. The Morgan fingerprint density at radius 1 is 1.04 bits per heavy atom. The predicted octanol–water partition coefficient (Wildman–Crippen LogP) is 3.04. The van der Waals surface area contributed by atoms with Crippen LogP contribution in [0.3, 0.4) is 0 Å². The lowest BCUT2D eigenvalue weighted by molar-refractivity contribution is 0.110. The summed E-state index contributed by atoms with van der Waals surface area (Å²) >= 11 is 0. The molecule has 1 N–H and O–H groups in total. The SMILES string of the molecule is COc1cccc(N2CCN(C[C@@H](O)c3cn(C)c4ccccc34)CC2)c1. The van der Waals surface area contributed by atoms with E-state index in [-0.39, 0.29) is 0 Å². The molecule has 0 radical (unpaired) electrons. The lowest BCUT2D eigenvalue weighted by Crippen LogP contribution is -2.47. The van der Waals surface area contributed by atoms with E-state index in [0.717, 1.165) is 48.4 Å². The smallest absolute Gasteiger partial charge is 0.120 e. The number of aliphatic hydroxyl groups is 1. The second-order valence-electron chi connectivity index (χ2n) is 7.22. The van der Waals surface area contributed by atoms with Crippen molar-refractivity contribution >= 4 is 16.6 Å². The average molecular weight is 365 g/mol. The Bertz CT molecular complexity index is 913. The summed E-state index contributed by atoms with van der Waals surface area (Å²) in [5.41, 5.74) is 3.38. The van der Waals surface area contributed by atoms with Crippen LogP contribution in [0.15, 0.2) is 54.7 Å². The Kier molecular flexibility index (Phi) is 5.05. The van der Waals surface area contributed by atoms with Crippen molar-refractivity contribution in [2.75, 3.05) is 44.7 Å². The summed E-state index contributed by atoms with van der Waals surface area (Å²) in [5.74, 6) is 0.890. The third-order valence-electron chi connectivity index (χ3n) is 5.51. The van der Waals surface area contributed by atoms with E-state index in [1.54, 1.807) is 7.11 Å². The van der Waals surface area contributed by atoms with E-state index in [0.29, 0.717) is 6.54 Å². The van der Waals surface area contributed by atoms with Crippen LogP contribution < -0.4 is 9.64 Å². The summed E-state index contributed by atoms with van der Waals surface area (Å²) < 4.78 is 7.43. The molecule has 0 aliphatic carbocycles. The number of rotatable bonds is 5. The number of hydrogen-bond acceptors (Lipinski definition) is 4. The molecule has 0 unspecified atom stereocenters. The third kappa shape index (κ3) is 3.66. The van der Waals surface area contributed by atoms with E-state index in [2.05, 4.69) is 44.8 Å². The number of para-hydroxylation sites is 1. The number of benzene rings is 2. The number of nitrogens with zero attached hydrogens (tertiary/aromatic N) is 3. The minimum absolute atomic E-state index is 0.473. The second-order valence-corrected chi connectivity index (χ2v) is 7.22. The molecule has 27 heavy (non-hydrogen) atoms. The van der Waals surface area contributed by atoms with Crippen LogP contribution in [-0.4, -0.2) is 54.4 Å². The van der Waals surface area contributed by atoms with E-state index in [9.17, 15) is 5.11 Å². The van der Waals surface area contributed by atoms with Crippen LogP contribution in [0.2, 0.25) is 0 Å². The normalized spacial score (nSPS) is 16.6. The molecule has 0 saturated carbocycles. The highest BCUT2D eigenvalue weighted by Crippen LogP contribution is 2.27. The summed E-state index contributed by atoms with van der Waals surface area (Å²) in [5, 5.41) is 12.0. The van der Waals surface area contributed by atoms with Gasteiger partial charge in [-0.05, 0) is 18.2 Å².